The van der Waals surface area contributed by atoms with Gasteiger partial charge in [-0.05, 0) is 13.0 Å². The summed E-state index contributed by atoms with van der Waals surface area (Å²) in [6, 6.07) is 4.87. The monoisotopic (exact) mass is 249 g/mol. The number of amides is 2. The summed E-state index contributed by atoms with van der Waals surface area (Å²) >= 11 is 0. The molecule has 1 unspecified atom stereocenters. The molecule has 1 aromatic rings. The summed E-state index contributed by atoms with van der Waals surface area (Å²) in [5.41, 5.74) is 0.698. The Balaban J connectivity index is 2.15. The highest BCUT2D eigenvalue weighted by molar-refractivity contribution is 5.94. The minimum Gasteiger partial charge on any atom is -0.481 e. The lowest BCUT2D eigenvalue weighted by Gasteiger charge is -2.32. The summed E-state index contributed by atoms with van der Waals surface area (Å²) in [5.74, 6) is 0.248. The molecule has 2 rings (SSSR count). The second-order valence-corrected chi connectivity index (χ2v) is 4.09. The first-order valence-electron chi connectivity index (χ1n) is 5.69. The quantitative estimate of drug-likeness (QED) is 0.814. The number of nitrogens with zero attached hydrogens (tertiary/aromatic N) is 2. The van der Waals surface area contributed by atoms with E-state index in [4.69, 9.17) is 4.74 Å². The van der Waals surface area contributed by atoms with Crippen molar-refractivity contribution < 1.29 is 14.3 Å². The van der Waals surface area contributed by atoms with E-state index in [1.165, 1.54) is 12.0 Å². The largest absolute Gasteiger partial charge is 0.481 e. The first-order valence-corrected chi connectivity index (χ1v) is 5.69. The Hall–Kier alpha value is -2.11. The average Bonchev–Trinajstić information content (AvgIpc) is 2.39. The Morgan fingerprint density at radius 3 is 3.00 bits per heavy atom. The van der Waals surface area contributed by atoms with Crippen LogP contribution in [0.25, 0.3) is 0 Å². The zero-order valence-electron chi connectivity index (χ0n) is 10.3. The third kappa shape index (κ3) is 2.42. The topological polar surface area (TPSA) is 71.5 Å². The van der Waals surface area contributed by atoms with Crippen LogP contribution in [0.15, 0.2) is 18.2 Å². The normalized spacial score (nSPS) is 19.7. The van der Waals surface area contributed by atoms with Gasteiger partial charge in [0.15, 0.2) is 0 Å². The second kappa shape index (κ2) is 5.03. The molecule has 2 heterocycles. The van der Waals surface area contributed by atoms with Crippen molar-refractivity contribution in [2.75, 3.05) is 13.7 Å². The average molecular weight is 249 g/mol. The maximum absolute atomic E-state index is 11.8. The summed E-state index contributed by atoms with van der Waals surface area (Å²) < 4.78 is 5.02. The van der Waals surface area contributed by atoms with Crippen LogP contribution in [0, 0.1) is 0 Å². The van der Waals surface area contributed by atoms with E-state index < -0.39 is 6.04 Å². The minimum absolute atomic E-state index is 0.0488. The van der Waals surface area contributed by atoms with Gasteiger partial charge in [-0.25, -0.2) is 4.98 Å². The van der Waals surface area contributed by atoms with Crippen LogP contribution < -0.4 is 10.1 Å². The highest BCUT2D eigenvalue weighted by atomic mass is 16.5. The highest BCUT2D eigenvalue weighted by Crippen LogP contribution is 2.13. The van der Waals surface area contributed by atoms with Crippen molar-refractivity contribution in [2.45, 2.75) is 19.5 Å². The van der Waals surface area contributed by atoms with E-state index in [1.807, 2.05) is 0 Å². The molecular formula is C12H15N3O3. The molecule has 1 aliphatic heterocycles. The third-order valence-corrected chi connectivity index (χ3v) is 2.90. The fourth-order valence-electron chi connectivity index (χ4n) is 1.83. The van der Waals surface area contributed by atoms with E-state index in [2.05, 4.69) is 10.3 Å². The molecule has 0 spiro atoms. The maximum atomic E-state index is 11.8. The standard InChI is InChI=1S/C12H15N3O3/c1-8-12(17)13-6-11(16)15(8)7-9-4-3-5-10(14-9)18-2/h3-5,8H,6-7H2,1-2H3,(H,13,17). The molecule has 1 fully saturated rings. The molecule has 1 saturated heterocycles. The van der Waals surface area contributed by atoms with Crippen molar-refractivity contribution in [3.8, 4) is 5.88 Å². The van der Waals surface area contributed by atoms with E-state index in [-0.39, 0.29) is 18.4 Å². The van der Waals surface area contributed by atoms with Gasteiger partial charge in [0.25, 0.3) is 0 Å². The number of rotatable bonds is 3. The molecule has 6 nitrogen and oxygen atoms in total. The van der Waals surface area contributed by atoms with Crippen LogP contribution in [0.2, 0.25) is 0 Å². The SMILES string of the molecule is COc1cccc(CN2C(=O)CNC(=O)C2C)n1. The van der Waals surface area contributed by atoms with Gasteiger partial charge in [-0.15, -0.1) is 0 Å². The number of carbonyl (C=O) groups is 2. The van der Waals surface area contributed by atoms with Gasteiger partial charge in [-0.2, -0.15) is 0 Å². The van der Waals surface area contributed by atoms with Crippen molar-refractivity contribution in [1.29, 1.82) is 0 Å². The molecule has 18 heavy (non-hydrogen) atoms. The number of aromatic nitrogens is 1. The zero-order chi connectivity index (χ0) is 13.1. The molecule has 96 valence electrons. The predicted molar refractivity (Wildman–Crippen MR) is 63.8 cm³/mol. The molecule has 0 bridgehead atoms. The van der Waals surface area contributed by atoms with Crippen LogP contribution >= 0.6 is 0 Å². The molecule has 1 N–H and O–H groups in total. The Bertz CT molecular complexity index is 475. The van der Waals surface area contributed by atoms with Crippen LogP contribution in [0.5, 0.6) is 5.88 Å². The number of piperazine rings is 1. The molecule has 0 saturated carbocycles. The van der Waals surface area contributed by atoms with Crippen LogP contribution in [-0.2, 0) is 16.1 Å². The number of hydrogen-bond acceptors (Lipinski definition) is 4. The van der Waals surface area contributed by atoms with Crippen molar-refractivity contribution >= 4 is 11.8 Å². The second-order valence-electron chi connectivity index (χ2n) is 4.09. The maximum Gasteiger partial charge on any atom is 0.242 e. The fourth-order valence-corrected chi connectivity index (χ4v) is 1.83. The molecule has 1 aliphatic rings. The Labute approximate surface area is 105 Å². The third-order valence-electron chi connectivity index (χ3n) is 2.90. The summed E-state index contributed by atoms with van der Waals surface area (Å²) in [6.45, 7) is 2.06. The number of ether oxygens (including phenoxy) is 1. The van der Waals surface area contributed by atoms with E-state index in [1.54, 1.807) is 25.1 Å². The van der Waals surface area contributed by atoms with Gasteiger partial charge in [0, 0.05) is 6.07 Å². The summed E-state index contributed by atoms with van der Waals surface area (Å²) in [6.07, 6.45) is 0. The number of carbonyl (C=O) groups excluding carboxylic acids is 2. The Morgan fingerprint density at radius 2 is 2.28 bits per heavy atom. The van der Waals surface area contributed by atoms with Gasteiger partial charge in [0.1, 0.15) is 6.04 Å². The van der Waals surface area contributed by atoms with Gasteiger partial charge < -0.3 is 15.0 Å². The van der Waals surface area contributed by atoms with Crippen molar-refractivity contribution in [2.24, 2.45) is 0 Å². The molecule has 1 aromatic heterocycles. The van der Waals surface area contributed by atoms with E-state index in [9.17, 15) is 9.59 Å². The summed E-state index contributed by atoms with van der Waals surface area (Å²) in [4.78, 5) is 29.0. The van der Waals surface area contributed by atoms with Gasteiger partial charge in [-0.3, -0.25) is 9.59 Å². The molecule has 2 amide bonds. The fraction of sp³-hybridized carbons (Fsp3) is 0.417. The van der Waals surface area contributed by atoms with Crippen molar-refractivity contribution in [3.63, 3.8) is 0 Å². The number of nitrogens with one attached hydrogen (secondary N) is 1. The lowest BCUT2D eigenvalue weighted by atomic mass is 10.2. The first-order chi connectivity index (χ1) is 8.61. The summed E-state index contributed by atoms with van der Waals surface area (Å²) in [5, 5.41) is 2.54. The minimum atomic E-state index is -0.473. The molecule has 0 radical (unpaired) electrons. The van der Waals surface area contributed by atoms with E-state index in [0.717, 1.165) is 0 Å². The molecule has 1 atom stereocenters. The summed E-state index contributed by atoms with van der Waals surface area (Å²) in [7, 11) is 1.54. The number of pyridine rings is 1. The van der Waals surface area contributed by atoms with Crippen LogP contribution in [0.3, 0.4) is 0 Å². The molecular weight excluding hydrogens is 234 g/mol. The van der Waals surface area contributed by atoms with E-state index in [0.29, 0.717) is 18.1 Å². The number of methoxy groups -OCH3 is 1. The van der Waals surface area contributed by atoms with Gasteiger partial charge in [0.2, 0.25) is 17.7 Å². The Kier molecular flexibility index (Phi) is 3.45. The van der Waals surface area contributed by atoms with Gasteiger partial charge >= 0.3 is 0 Å². The lowest BCUT2D eigenvalue weighted by molar-refractivity contribution is -0.145. The van der Waals surface area contributed by atoms with Crippen molar-refractivity contribution in [3.05, 3.63) is 23.9 Å². The first kappa shape index (κ1) is 12.3. The van der Waals surface area contributed by atoms with Crippen LogP contribution in [-0.4, -0.2) is 41.4 Å². The van der Waals surface area contributed by atoms with Crippen molar-refractivity contribution in [1.82, 2.24) is 15.2 Å². The van der Waals surface area contributed by atoms with Gasteiger partial charge in [-0.1, -0.05) is 6.07 Å². The zero-order valence-corrected chi connectivity index (χ0v) is 10.3. The molecule has 6 heteroatoms. The number of hydrogen-bond donors (Lipinski definition) is 1. The van der Waals surface area contributed by atoms with Gasteiger partial charge in [0.05, 0.1) is 25.9 Å². The molecule has 0 aliphatic carbocycles. The molecule has 0 aromatic carbocycles. The van der Waals surface area contributed by atoms with E-state index >= 15 is 0 Å². The predicted octanol–water partition coefficient (Wildman–Crippen LogP) is -0.0629. The smallest absolute Gasteiger partial charge is 0.242 e. The highest BCUT2D eigenvalue weighted by Gasteiger charge is 2.30. The van der Waals surface area contributed by atoms with Crippen LogP contribution in [0.1, 0.15) is 12.6 Å². The lowest BCUT2D eigenvalue weighted by Crippen LogP contribution is -2.56. The van der Waals surface area contributed by atoms with Crippen LogP contribution in [0.4, 0.5) is 0 Å². The Morgan fingerprint density at radius 1 is 1.50 bits per heavy atom.